The fourth-order valence-electron chi connectivity index (χ4n) is 3.74. The SMILES string of the molecule is CCCCOc1cccc(C(O)=C2C(=O)C(=O)N(c3nc(C)c(C(=O)OC)s3)C2c2cccs2)c1. The summed E-state index contributed by atoms with van der Waals surface area (Å²) in [7, 11) is 1.26. The number of methoxy groups -OCH3 is 1. The highest BCUT2D eigenvalue weighted by Gasteiger charge is 2.49. The molecule has 0 saturated carbocycles. The molecular formula is C25H24N2O6S2. The molecule has 0 spiro atoms. The van der Waals surface area contributed by atoms with Crippen molar-refractivity contribution in [3.05, 3.63) is 68.4 Å². The molecule has 1 aliphatic rings. The number of ketones is 1. The number of esters is 1. The van der Waals surface area contributed by atoms with Gasteiger partial charge < -0.3 is 14.6 Å². The van der Waals surface area contributed by atoms with Crippen LogP contribution in [0.25, 0.3) is 5.76 Å². The summed E-state index contributed by atoms with van der Waals surface area (Å²) in [6.07, 6.45) is 1.87. The number of ether oxygens (including phenoxy) is 2. The lowest BCUT2D eigenvalue weighted by Gasteiger charge is -2.21. The average molecular weight is 513 g/mol. The van der Waals surface area contributed by atoms with E-state index in [-0.39, 0.29) is 21.3 Å². The molecule has 4 rings (SSSR count). The normalized spacial score (nSPS) is 17.1. The minimum atomic E-state index is -0.893. The number of carbonyl (C=O) groups is 3. The monoisotopic (exact) mass is 512 g/mol. The van der Waals surface area contributed by atoms with Gasteiger partial charge in [0.1, 0.15) is 22.4 Å². The van der Waals surface area contributed by atoms with Crippen LogP contribution in [0.4, 0.5) is 5.13 Å². The van der Waals surface area contributed by atoms with Gasteiger partial charge in [0.25, 0.3) is 5.78 Å². The molecule has 3 heterocycles. The highest BCUT2D eigenvalue weighted by molar-refractivity contribution is 7.18. The predicted molar refractivity (Wildman–Crippen MR) is 134 cm³/mol. The second kappa shape index (κ2) is 10.4. The highest BCUT2D eigenvalue weighted by atomic mass is 32.1. The Morgan fingerprint density at radius 2 is 2.03 bits per heavy atom. The Balaban J connectivity index is 1.81. The van der Waals surface area contributed by atoms with Gasteiger partial charge in [-0.15, -0.1) is 11.3 Å². The van der Waals surface area contributed by atoms with E-state index in [0.29, 0.717) is 28.5 Å². The number of nitrogens with zero attached hydrogens (tertiary/aromatic N) is 2. The number of rotatable bonds is 8. The van der Waals surface area contributed by atoms with Crippen LogP contribution in [0.15, 0.2) is 47.4 Å². The Kier molecular flexibility index (Phi) is 7.32. The maximum Gasteiger partial charge on any atom is 0.350 e. The molecular weight excluding hydrogens is 488 g/mol. The van der Waals surface area contributed by atoms with Crippen molar-refractivity contribution in [1.82, 2.24) is 4.98 Å². The second-order valence-corrected chi connectivity index (χ2v) is 9.77. The van der Waals surface area contributed by atoms with E-state index in [2.05, 4.69) is 11.9 Å². The largest absolute Gasteiger partial charge is 0.507 e. The minimum Gasteiger partial charge on any atom is -0.507 e. The first-order valence-electron chi connectivity index (χ1n) is 11.0. The van der Waals surface area contributed by atoms with Crippen LogP contribution in [-0.2, 0) is 14.3 Å². The van der Waals surface area contributed by atoms with Crippen molar-refractivity contribution in [3.8, 4) is 5.75 Å². The molecule has 1 saturated heterocycles. The Labute approximate surface area is 210 Å². The van der Waals surface area contributed by atoms with Crippen molar-refractivity contribution in [2.24, 2.45) is 0 Å². The van der Waals surface area contributed by atoms with E-state index >= 15 is 0 Å². The number of aliphatic hydroxyl groups excluding tert-OH is 1. The number of hydrogen-bond donors (Lipinski definition) is 1. The van der Waals surface area contributed by atoms with Gasteiger partial charge in [0.2, 0.25) is 0 Å². The van der Waals surface area contributed by atoms with Crippen molar-refractivity contribution in [3.63, 3.8) is 0 Å². The average Bonchev–Trinajstić information content (AvgIpc) is 3.58. The van der Waals surface area contributed by atoms with Gasteiger partial charge in [-0.2, -0.15) is 0 Å². The van der Waals surface area contributed by atoms with Crippen LogP contribution in [-0.4, -0.2) is 41.5 Å². The molecule has 0 bridgehead atoms. The van der Waals surface area contributed by atoms with E-state index in [1.165, 1.54) is 23.3 Å². The van der Waals surface area contributed by atoms with Gasteiger partial charge in [0, 0.05) is 10.4 Å². The van der Waals surface area contributed by atoms with Crippen molar-refractivity contribution < 1.29 is 29.0 Å². The van der Waals surface area contributed by atoms with Gasteiger partial charge >= 0.3 is 11.9 Å². The van der Waals surface area contributed by atoms with Crippen molar-refractivity contribution in [2.45, 2.75) is 32.7 Å². The van der Waals surface area contributed by atoms with Gasteiger partial charge in [-0.25, -0.2) is 9.78 Å². The zero-order chi connectivity index (χ0) is 25.1. The number of amides is 1. The van der Waals surface area contributed by atoms with E-state index in [1.807, 2.05) is 5.38 Å². The fraction of sp³-hybridized carbons (Fsp3) is 0.280. The number of unbranched alkanes of at least 4 members (excludes halogenated alkanes) is 1. The van der Waals surface area contributed by atoms with Gasteiger partial charge in [-0.1, -0.05) is 42.9 Å². The maximum absolute atomic E-state index is 13.2. The second-order valence-electron chi connectivity index (χ2n) is 7.82. The summed E-state index contributed by atoms with van der Waals surface area (Å²) in [6, 6.07) is 9.49. The summed E-state index contributed by atoms with van der Waals surface area (Å²) >= 11 is 2.31. The van der Waals surface area contributed by atoms with E-state index in [1.54, 1.807) is 43.3 Å². The van der Waals surface area contributed by atoms with Crippen LogP contribution in [0.3, 0.4) is 0 Å². The highest BCUT2D eigenvalue weighted by Crippen LogP contribution is 2.45. The predicted octanol–water partition coefficient (Wildman–Crippen LogP) is 5.10. The number of benzene rings is 1. The minimum absolute atomic E-state index is 0.0457. The van der Waals surface area contributed by atoms with E-state index in [9.17, 15) is 19.5 Å². The molecule has 1 unspecified atom stereocenters. The van der Waals surface area contributed by atoms with Crippen LogP contribution in [0.2, 0.25) is 0 Å². The molecule has 10 heteroatoms. The third-order valence-electron chi connectivity index (χ3n) is 5.49. The molecule has 3 aromatic rings. The molecule has 0 aliphatic carbocycles. The number of carbonyl (C=O) groups excluding carboxylic acids is 3. The third kappa shape index (κ3) is 4.71. The lowest BCUT2D eigenvalue weighted by atomic mass is 10.00. The van der Waals surface area contributed by atoms with Crippen molar-refractivity contribution in [2.75, 3.05) is 18.6 Å². The summed E-state index contributed by atoms with van der Waals surface area (Å²) in [6.45, 7) is 4.23. The van der Waals surface area contributed by atoms with Gasteiger partial charge in [0.05, 0.1) is 25.0 Å². The van der Waals surface area contributed by atoms with Crippen LogP contribution in [0, 0.1) is 6.92 Å². The smallest absolute Gasteiger partial charge is 0.350 e. The Bertz CT molecular complexity index is 1300. The molecule has 1 aromatic carbocycles. The Hall–Kier alpha value is -3.50. The molecule has 182 valence electrons. The summed E-state index contributed by atoms with van der Waals surface area (Å²) in [5.74, 6) is -1.97. The number of thiazole rings is 1. The zero-order valence-electron chi connectivity index (χ0n) is 19.4. The number of anilines is 1. The van der Waals surface area contributed by atoms with Crippen LogP contribution < -0.4 is 9.64 Å². The summed E-state index contributed by atoms with van der Waals surface area (Å²) < 4.78 is 10.5. The number of Topliss-reactive ketones (excluding diaryl/α,β-unsaturated/α-hetero) is 1. The van der Waals surface area contributed by atoms with Crippen LogP contribution in [0.1, 0.15) is 51.6 Å². The number of thiophene rings is 1. The molecule has 1 aliphatic heterocycles. The molecule has 1 atom stereocenters. The maximum atomic E-state index is 13.2. The lowest BCUT2D eigenvalue weighted by molar-refractivity contribution is -0.132. The van der Waals surface area contributed by atoms with E-state index in [4.69, 9.17) is 9.47 Å². The fourth-order valence-corrected chi connectivity index (χ4v) is 5.57. The number of aromatic nitrogens is 1. The lowest BCUT2D eigenvalue weighted by Crippen LogP contribution is -2.29. The van der Waals surface area contributed by atoms with Crippen molar-refractivity contribution in [1.29, 1.82) is 0 Å². The molecule has 0 radical (unpaired) electrons. The molecule has 1 fully saturated rings. The quantitative estimate of drug-likeness (QED) is 0.147. The van der Waals surface area contributed by atoms with E-state index < -0.39 is 23.7 Å². The first kappa shape index (κ1) is 24.6. The number of aliphatic hydroxyl groups is 1. The molecule has 1 amide bonds. The third-order valence-corrected chi connectivity index (χ3v) is 7.55. The Morgan fingerprint density at radius 3 is 2.71 bits per heavy atom. The van der Waals surface area contributed by atoms with Crippen LogP contribution in [0.5, 0.6) is 5.75 Å². The number of aryl methyl sites for hydroxylation is 1. The van der Waals surface area contributed by atoms with Crippen molar-refractivity contribution >= 4 is 51.2 Å². The molecule has 35 heavy (non-hydrogen) atoms. The van der Waals surface area contributed by atoms with Crippen LogP contribution >= 0.6 is 22.7 Å². The summed E-state index contributed by atoms with van der Waals surface area (Å²) in [4.78, 5) is 45.1. The molecule has 1 N–H and O–H groups in total. The van der Waals surface area contributed by atoms with E-state index in [0.717, 1.165) is 24.2 Å². The first-order valence-corrected chi connectivity index (χ1v) is 12.7. The molecule has 8 nitrogen and oxygen atoms in total. The number of hydrogen-bond acceptors (Lipinski definition) is 9. The zero-order valence-corrected chi connectivity index (χ0v) is 21.1. The van der Waals surface area contributed by atoms with Gasteiger partial charge in [-0.3, -0.25) is 14.5 Å². The topological polar surface area (TPSA) is 106 Å². The Morgan fingerprint density at radius 1 is 1.23 bits per heavy atom. The molecule has 2 aromatic heterocycles. The first-order chi connectivity index (χ1) is 16.9. The summed E-state index contributed by atoms with van der Waals surface area (Å²) in [5.41, 5.74) is 0.709. The standard InChI is InChI=1S/C25H24N2O6S2/c1-4-5-11-33-16-9-6-8-15(13-16)20(28)18-19(17-10-7-12-34-17)27(23(30)21(18)29)25-26-14(2)22(35-25)24(31)32-3/h6-10,12-13,19,28H,4-5,11H2,1-3H3. The summed E-state index contributed by atoms with van der Waals surface area (Å²) in [5, 5.41) is 13.3. The van der Waals surface area contributed by atoms with Gasteiger partial charge in [0.15, 0.2) is 5.13 Å². The van der Waals surface area contributed by atoms with Gasteiger partial charge in [-0.05, 0) is 36.9 Å².